The molecule has 6 rings (SSSR count). The molecule has 0 radical (unpaired) electrons. The highest BCUT2D eigenvalue weighted by atomic mass is 16.5. The summed E-state index contributed by atoms with van der Waals surface area (Å²) in [4.78, 5) is 13.0. The van der Waals surface area contributed by atoms with E-state index in [9.17, 15) is 4.79 Å². The summed E-state index contributed by atoms with van der Waals surface area (Å²) in [7, 11) is 0. The Kier molecular flexibility index (Phi) is 6.17. The normalized spacial score (nSPS) is 48.5. The van der Waals surface area contributed by atoms with Crippen LogP contribution in [0.1, 0.15) is 130 Å². The zero-order valence-corrected chi connectivity index (χ0v) is 26.2. The van der Waals surface area contributed by atoms with E-state index in [0.717, 1.165) is 24.0 Å². The first-order chi connectivity index (χ1) is 18.2. The van der Waals surface area contributed by atoms with Crippen molar-refractivity contribution in [3.8, 4) is 0 Å². The first kappa shape index (κ1) is 27.6. The Morgan fingerprint density at radius 2 is 1.38 bits per heavy atom. The van der Waals surface area contributed by atoms with Crippen LogP contribution in [0, 0.1) is 56.2 Å². The molecule has 0 unspecified atom stereocenters. The van der Waals surface area contributed by atoms with Crippen LogP contribution in [-0.2, 0) is 4.74 Å². The highest BCUT2D eigenvalue weighted by Crippen LogP contribution is 2.78. The molecule has 9 atom stereocenters. The number of hydrogen-bond acceptors (Lipinski definition) is 2. The van der Waals surface area contributed by atoms with Crippen molar-refractivity contribution < 1.29 is 9.53 Å². The average Bonchev–Trinajstić information content (AvgIpc) is 2.89. The van der Waals surface area contributed by atoms with Crippen LogP contribution < -0.4 is 0 Å². The van der Waals surface area contributed by atoms with Gasteiger partial charge in [0, 0.05) is 5.92 Å². The summed E-state index contributed by atoms with van der Waals surface area (Å²) in [6.07, 6.45) is 15.7. The Morgan fingerprint density at radius 1 is 0.744 bits per heavy atom. The number of allylic oxidation sites excluding steroid dienone is 2. The molecule has 0 saturated heterocycles. The van der Waals surface area contributed by atoms with E-state index in [0.29, 0.717) is 38.6 Å². The van der Waals surface area contributed by atoms with Gasteiger partial charge < -0.3 is 4.74 Å². The number of ether oxygens (including phenoxy) is 1. The van der Waals surface area contributed by atoms with Crippen LogP contribution in [0.15, 0.2) is 42.2 Å². The Labute approximate surface area is 238 Å². The van der Waals surface area contributed by atoms with Crippen LogP contribution in [-0.4, -0.2) is 5.97 Å². The van der Waals surface area contributed by atoms with E-state index < -0.39 is 0 Å². The Morgan fingerprint density at radius 3 is 2.10 bits per heavy atom. The fraction of sp³-hybridized carbons (Fsp3) is 0.757. The van der Waals surface area contributed by atoms with Gasteiger partial charge in [-0.1, -0.05) is 73.6 Å². The van der Waals surface area contributed by atoms with Crippen LogP contribution in [0.25, 0.3) is 0 Å². The van der Waals surface area contributed by atoms with Gasteiger partial charge in [0.15, 0.2) is 0 Å². The maximum atomic E-state index is 13.0. The lowest BCUT2D eigenvalue weighted by molar-refractivity contribution is -0.254. The lowest BCUT2D eigenvalue weighted by atomic mass is 9.30. The molecule has 214 valence electrons. The standard InChI is InChI=1S/C37H54O2/c1-25-27(39-31(38)26-12-10-9-11-13-26)14-15-28-34(25,5)17-16-29-35(28,6)21-23-37(8)30-24-32(2,3)18-19-33(30,4)20-22-36(29,37)7/h9-14,25,28-30H,15-24H2,1-8H3/t25-,28+,29-,30+,33-,34-,35-,36-,37+/m1/s1. The molecule has 2 heteroatoms. The molecule has 0 aromatic heterocycles. The number of carbonyl (C=O) groups excluding carboxylic acids is 1. The molecule has 0 N–H and O–H groups in total. The molecule has 0 bridgehead atoms. The predicted octanol–water partition coefficient (Wildman–Crippen LogP) is 10.2. The molecule has 0 amide bonds. The van der Waals surface area contributed by atoms with Crippen LogP contribution in [0.3, 0.4) is 0 Å². The second-order valence-electron chi connectivity index (χ2n) is 16.9. The van der Waals surface area contributed by atoms with E-state index in [2.05, 4.69) is 61.5 Å². The van der Waals surface area contributed by atoms with Crippen LogP contribution in [0.4, 0.5) is 0 Å². The Bertz CT molecular complexity index is 1170. The van der Waals surface area contributed by atoms with Gasteiger partial charge in [0.2, 0.25) is 0 Å². The number of hydrogen-bond donors (Lipinski definition) is 0. The molecule has 1 aromatic rings. The van der Waals surface area contributed by atoms with Crippen molar-refractivity contribution >= 4 is 5.97 Å². The number of carbonyl (C=O) groups is 1. The molecule has 5 aliphatic carbocycles. The molecule has 5 aliphatic rings. The molecule has 1 aromatic carbocycles. The molecule has 0 spiro atoms. The molecule has 4 saturated carbocycles. The van der Waals surface area contributed by atoms with Gasteiger partial charge in [-0.25, -0.2) is 4.79 Å². The zero-order chi connectivity index (χ0) is 28.1. The predicted molar refractivity (Wildman–Crippen MR) is 160 cm³/mol. The molecular formula is C37H54O2. The monoisotopic (exact) mass is 530 g/mol. The van der Waals surface area contributed by atoms with E-state index in [1.54, 1.807) is 0 Å². The third-order valence-electron chi connectivity index (χ3n) is 14.8. The van der Waals surface area contributed by atoms with Gasteiger partial charge in [-0.15, -0.1) is 0 Å². The first-order valence-corrected chi connectivity index (χ1v) is 16.2. The third kappa shape index (κ3) is 3.81. The number of benzene rings is 1. The summed E-state index contributed by atoms with van der Waals surface area (Å²) in [6, 6.07) is 9.48. The van der Waals surface area contributed by atoms with E-state index in [4.69, 9.17) is 4.74 Å². The third-order valence-corrected chi connectivity index (χ3v) is 14.8. The number of rotatable bonds is 2. The largest absolute Gasteiger partial charge is 0.428 e. The van der Waals surface area contributed by atoms with Gasteiger partial charge in [-0.05, 0) is 133 Å². The number of esters is 1. The minimum Gasteiger partial charge on any atom is -0.428 e. The molecule has 4 fully saturated rings. The van der Waals surface area contributed by atoms with Crippen molar-refractivity contribution in [2.45, 2.75) is 120 Å². The Balaban J connectivity index is 1.30. The van der Waals surface area contributed by atoms with E-state index in [1.807, 2.05) is 30.3 Å². The second-order valence-corrected chi connectivity index (χ2v) is 16.9. The zero-order valence-electron chi connectivity index (χ0n) is 26.2. The lowest BCUT2D eigenvalue weighted by Crippen LogP contribution is -2.67. The lowest BCUT2D eigenvalue weighted by Gasteiger charge is -2.74. The summed E-state index contributed by atoms with van der Waals surface area (Å²) in [5, 5.41) is 0. The molecule has 39 heavy (non-hydrogen) atoms. The van der Waals surface area contributed by atoms with Crippen LogP contribution in [0.5, 0.6) is 0 Å². The molecule has 2 nitrogen and oxygen atoms in total. The van der Waals surface area contributed by atoms with E-state index in [1.165, 1.54) is 57.8 Å². The first-order valence-electron chi connectivity index (χ1n) is 16.2. The topological polar surface area (TPSA) is 26.3 Å². The summed E-state index contributed by atoms with van der Waals surface area (Å²) < 4.78 is 6.11. The van der Waals surface area contributed by atoms with Crippen molar-refractivity contribution in [1.82, 2.24) is 0 Å². The minimum atomic E-state index is -0.211. The fourth-order valence-electron chi connectivity index (χ4n) is 11.8. The maximum absolute atomic E-state index is 13.0. The van der Waals surface area contributed by atoms with E-state index in [-0.39, 0.29) is 17.3 Å². The van der Waals surface area contributed by atoms with E-state index >= 15 is 0 Å². The number of fused-ring (bicyclic) bond motifs is 7. The summed E-state index contributed by atoms with van der Waals surface area (Å²) in [5.41, 5.74) is 3.01. The Hall–Kier alpha value is -1.57. The second kappa shape index (κ2) is 8.72. The molecule has 0 heterocycles. The van der Waals surface area contributed by atoms with Crippen molar-refractivity contribution in [1.29, 1.82) is 0 Å². The van der Waals surface area contributed by atoms with Gasteiger partial charge in [-0.3, -0.25) is 0 Å². The molecule has 0 aliphatic heterocycles. The SMILES string of the molecule is C[C@@H]1C(OC(=O)c2ccccc2)=CC[C@H]2[C@]1(C)CC[C@@H]1[C@]2(C)CC[C@@]2(C)[C@H]3CC(C)(C)CC[C@]3(C)CC[C@]12C. The maximum Gasteiger partial charge on any atom is 0.343 e. The van der Waals surface area contributed by atoms with Gasteiger partial charge in [0.1, 0.15) is 5.76 Å². The van der Waals surface area contributed by atoms with Gasteiger partial charge in [-0.2, -0.15) is 0 Å². The van der Waals surface area contributed by atoms with Crippen LogP contribution in [0.2, 0.25) is 0 Å². The smallest absolute Gasteiger partial charge is 0.343 e. The van der Waals surface area contributed by atoms with Crippen molar-refractivity contribution in [2.24, 2.45) is 56.2 Å². The van der Waals surface area contributed by atoms with Gasteiger partial charge in [0.25, 0.3) is 0 Å². The summed E-state index contributed by atoms with van der Waals surface area (Å²) in [6.45, 7) is 20.8. The van der Waals surface area contributed by atoms with Gasteiger partial charge in [0.05, 0.1) is 5.56 Å². The molecular weight excluding hydrogens is 476 g/mol. The average molecular weight is 531 g/mol. The quantitative estimate of drug-likeness (QED) is 0.356. The van der Waals surface area contributed by atoms with Crippen LogP contribution >= 0.6 is 0 Å². The summed E-state index contributed by atoms with van der Waals surface area (Å²) >= 11 is 0. The highest BCUT2D eigenvalue weighted by Gasteiger charge is 2.70. The van der Waals surface area contributed by atoms with Gasteiger partial charge >= 0.3 is 5.97 Å². The highest BCUT2D eigenvalue weighted by molar-refractivity contribution is 5.90. The summed E-state index contributed by atoms with van der Waals surface area (Å²) in [5.74, 6) is 3.24. The fourth-order valence-corrected chi connectivity index (χ4v) is 11.8. The van der Waals surface area contributed by atoms with Crippen molar-refractivity contribution in [2.75, 3.05) is 0 Å². The minimum absolute atomic E-state index is 0.173. The van der Waals surface area contributed by atoms with Crippen molar-refractivity contribution in [3.63, 3.8) is 0 Å². The van der Waals surface area contributed by atoms with Crippen molar-refractivity contribution in [3.05, 3.63) is 47.7 Å².